The smallest absolute Gasteiger partial charge is 0.387 e. The van der Waals surface area contributed by atoms with Gasteiger partial charge in [0.25, 0.3) is 0 Å². The van der Waals surface area contributed by atoms with Gasteiger partial charge in [0.2, 0.25) is 0 Å². The molecule has 0 spiro atoms. The molecule has 0 aliphatic carbocycles. The first-order valence-electron chi connectivity index (χ1n) is 8.44. The Morgan fingerprint density at radius 3 is 2.04 bits per heavy atom. The zero-order valence-electron chi connectivity index (χ0n) is 14.7. The van der Waals surface area contributed by atoms with Gasteiger partial charge in [0.05, 0.1) is 5.56 Å². The van der Waals surface area contributed by atoms with Gasteiger partial charge in [-0.05, 0) is 23.8 Å². The minimum absolute atomic E-state index is 0.0175. The second-order valence-electron chi connectivity index (χ2n) is 5.84. The van der Waals surface area contributed by atoms with Crippen LogP contribution in [0.1, 0.15) is 31.8 Å². The lowest BCUT2D eigenvalue weighted by atomic mass is 9.98. The number of benzene rings is 3. The first-order chi connectivity index (χ1) is 13.5. The summed E-state index contributed by atoms with van der Waals surface area (Å²) < 4.78 is 33.9. The third-order valence-electron chi connectivity index (χ3n) is 3.95. The standard InChI is InChI=1S/C22H16F2O4/c23-22(24)28-17-12-10-15(11-13-17)14-27-21(26)19-9-5-4-8-18(19)20(25)16-6-2-1-3-7-16/h1-13,22H,14H2. The first-order valence-corrected chi connectivity index (χ1v) is 8.44. The van der Waals surface area contributed by atoms with Crippen molar-refractivity contribution in [2.75, 3.05) is 0 Å². The molecule has 0 aliphatic rings. The van der Waals surface area contributed by atoms with Crippen molar-refractivity contribution in [3.8, 4) is 5.75 Å². The van der Waals surface area contributed by atoms with E-state index in [4.69, 9.17) is 4.74 Å². The predicted octanol–water partition coefficient (Wildman–Crippen LogP) is 4.88. The van der Waals surface area contributed by atoms with Gasteiger partial charge in [-0.3, -0.25) is 4.79 Å². The second kappa shape index (κ2) is 8.90. The number of hydrogen-bond acceptors (Lipinski definition) is 4. The number of ketones is 1. The molecule has 0 atom stereocenters. The summed E-state index contributed by atoms with van der Waals surface area (Å²) in [6.07, 6.45) is 0. The van der Waals surface area contributed by atoms with Crippen molar-refractivity contribution in [1.29, 1.82) is 0 Å². The van der Waals surface area contributed by atoms with Crippen LogP contribution < -0.4 is 4.74 Å². The Morgan fingerprint density at radius 1 is 0.786 bits per heavy atom. The molecular weight excluding hydrogens is 366 g/mol. The maximum Gasteiger partial charge on any atom is 0.387 e. The molecule has 0 unspecified atom stereocenters. The highest BCUT2D eigenvalue weighted by Gasteiger charge is 2.19. The molecule has 0 N–H and O–H groups in total. The number of carbonyl (C=O) groups excluding carboxylic acids is 2. The molecule has 142 valence electrons. The average molecular weight is 382 g/mol. The van der Waals surface area contributed by atoms with E-state index in [0.717, 1.165) is 0 Å². The zero-order valence-corrected chi connectivity index (χ0v) is 14.7. The van der Waals surface area contributed by atoms with E-state index in [2.05, 4.69) is 4.74 Å². The molecule has 0 radical (unpaired) electrons. The summed E-state index contributed by atoms with van der Waals surface area (Å²) in [4.78, 5) is 25.2. The third kappa shape index (κ3) is 4.79. The molecule has 0 aromatic heterocycles. The SMILES string of the molecule is O=C(OCc1ccc(OC(F)F)cc1)c1ccccc1C(=O)c1ccccc1. The molecule has 0 amide bonds. The highest BCUT2D eigenvalue weighted by molar-refractivity contribution is 6.14. The van der Waals surface area contributed by atoms with Crippen molar-refractivity contribution in [3.63, 3.8) is 0 Å². The Hall–Kier alpha value is -3.54. The number of ether oxygens (including phenoxy) is 2. The lowest BCUT2D eigenvalue weighted by Gasteiger charge is -2.10. The van der Waals surface area contributed by atoms with Gasteiger partial charge in [-0.1, -0.05) is 60.7 Å². The third-order valence-corrected chi connectivity index (χ3v) is 3.95. The van der Waals surface area contributed by atoms with Crippen LogP contribution in [-0.2, 0) is 11.3 Å². The first kappa shape index (κ1) is 19.2. The predicted molar refractivity (Wildman–Crippen MR) is 98.5 cm³/mol. The van der Waals surface area contributed by atoms with E-state index in [1.807, 2.05) is 0 Å². The summed E-state index contributed by atoms with van der Waals surface area (Å²) in [5, 5.41) is 0. The molecule has 3 rings (SSSR count). The van der Waals surface area contributed by atoms with Gasteiger partial charge in [-0.15, -0.1) is 0 Å². The largest absolute Gasteiger partial charge is 0.457 e. The molecule has 0 fully saturated rings. The van der Waals surface area contributed by atoms with Crippen LogP contribution in [0.5, 0.6) is 5.75 Å². The molecule has 0 heterocycles. The maximum absolute atomic E-state index is 12.7. The van der Waals surface area contributed by atoms with Crippen LogP contribution in [0, 0.1) is 0 Å². The number of alkyl halides is 2. The average Bonchev–Trinajstić information content (AvgIpc) is 2.72. The number of esters is 1. The highest BCUT2D eigenvalue weighted by Crippen LogP contribution is 2.18. The van der Waals surface area contributed by atoms with E-state index in [9.17, 15) is 18.4 Å². The molecule has 3 aromatic rings. The number of rotatable bonds is 7. The Balaban J connectivity index is 1.70. The lowest BCUT2D eigenvalue weighted by molar-refractivity contribution is -0.0498. The van der Waals surface area contributed by atoms with Crippen molar-refractivity contribution in [3.05, 3.63) is 101 Å². The van der Waals surface area contributed by atoms with Gasteiger partial charge in [0, 0.05) is 11.1 Å². The number of halogens is 2. The van der Waals surface area contributed by atoms with E-state index in [1.165, 1.54) is 30.3 Å². The molecule has 28 heavy (non-hydrogen) atoms. The zero-order chi connectivity index (χ0) is 19.9. The van der Waals surface area contributed by atoms with Gasteiger partial charge in [0.1, 0.15) is 12.4 Å². The fourth-order valence-corrected chi connectivity index (χ4v) is 2.60. The Morgan fingerprint density at radius 2 is 1.39 bits per heavy atom. The van der Waals surface area contributed by atoms with Crippen LogP contribution in [0.3, 0.4) is 0 Å². The van der Waals surface area contributed by atoms with Crippen molar-refractivity contribution in [2.24, 2.45) is 0 Å². The molecule has 0 saturated heterocycles. The molecule has 3 aromatic carbocycles. The second-order valence-corrected chi connectivity index (χ2v) is 5.84. The normalized spacial score (nSPS) is 10.5. The van der Waals surface area contributed by atoms with Gasteiger partial charge >= 0.3 is 12.6 Å². The maximum atomic E-state index is 12.7. The minimum Gasteiger partial charge on any atom is -0.457 e. The summed E-state index contributed by atoms with van der Waals surface area (Å²) >= 11 is 0. The fourth-order valence-electron chi connectivity index (χ4n) is 2.60. The quantitative estimate of drug-likeness (QED) is 0.432. The van der Waals surface area contributed by atoms with Crippen molar-refractivity contribution < 1.29 is 27.8 Å². The Kier molecular flexibility index (Phi) is 6.11. The monoisotopic (exact) mass is 382 g/mol. The van der Waals surface area contributed by atoms with Crippen molar-refractivity contribution >= 4 is 11.8 Å². The Labute approximate surface area is 160 Å². The molecule has 0 saturated carbocycles. The lowest BCUT2D eigenvalue weighted by Crippen LogP contribution is -2.12. The van der Waals surface area contributed by atoms with Gasteiger partial charge in [-0.25, -0.2) is 4.79 Å². The molecule has 0 aliphatic heterocycles. The van der Waals surface area contributed by atoms with Gasteiger partial charge in [0.15, 0.2) is 5.78 Å². The van der Waals surface area contributed by atoms with Crippen LogP contribution in [0.15, 0.2) is 78.9 Å². The van der Waals surface area contributed by atoms with E-state index in [1.54, 1.807) is 48.5 Å². The van der Waals surface area contributed by atoms with Crippen LogP contribution in [0.25, 0.3) is 0 Å². The molecule has 6 heteroatoms. The molecular formula is C22H16F2O4. The topological polar surface area (TPSA) is 52.6 Å². The van der Waals surface area contributed by atoms with Gasteiger partial charge in [-0.2, -0.15) is 8.78 Å². The summed E-state index contributed by atoms with van der Waals surface area (Å²) in [6.45, 7) is -2.97. The van der Waals surface area contributed by atoms with Crippen LogP contribution >= 0.6 is 0 Å². The number of carbonyl (C=O) groups is 2. The van der Waals surface area contributed by atoms with Crippen LogP contribution in [0.2, 0.25) is 0 Å². The summed E-state index contributed by atoms with van der Waals surface area (Å²) in [5.74, 6) is -0.904. The van der Waals surface area contributed by atoms with Crippen LogP contribution in [-0.4, -0.2) is 18.4 Å². The number of hydrogen-bond donors (Lipinski definition) is 0. The summed E-state index contributed by atoms with van der Waals surface area (Å²) in [5.41, 5.74) is 1.48. The summed E-state index contributed by atoms with van der Waals surface area (Å²) in [7, 11) is 0. The summed E-state index contributed by atoms with van der Waals surface area (Å²) in [6, 6.07) is 20.8. The minimum atomic E-state index is -2.90. The van der Waals surface area contributed by atoms with E-state index >= 15 is 0 Å². The van der Waals surface area contributed by atoms with Crippen molar-refractivity contribution in [2.45, 2.75) is 13.2 Å². The van der Waals surface area contributed by atoms with Crippen LogP contribution in [0.4, 0.5) is 8.78 Å². The Bertz CT molecular complexity index is 954. The van der Waals surface area contributed by atoms with E-state index in [0.29, 0.717) is 11.1 Å². The van der Waals surface area contributed by atoms with Gasteiger partial charge < -0.3 is 9.47 Å². The molecule has 0 bridgehead atoms. The van der Waals surface area contributed by atoms with E-state index in [-0.39, 0.29) is 29.3 Å². The highest BCUT2D eigenvalue weighted by atomic mass is 19.3. The molecule has 4 nitrogen and oxygen atoms in total. The van der Waals surface area contributed by atoms with Crippen molar-refractivity contribution in [1.82, 2.24) is 0 Å². The van der Waals surface area contributed by atoms with E-state index < -0.39 is 12.6 Å². The fraction of sp³-hybridized carbons (Fsp3) is 0.0909.